The van der Waals surface area contributed by atoms with Gasteiger partial charge < -0.3 is 29.2 Å². The van der Waals surface area contributed by atoms with Gasteiger partial charge in [0.2, 0.25) is 11.8 Å². The Morgan fingerprint density at radius 2 is 2.07 bits per heavy atom. The summed E-state index contributed by atoms with van der Waals surface area (Å²) in [5.74, 6) is -0.219. The molecule has 2 fully saturated rings. The van der Waals surface area contributed by atoms with Crippen LogP contribution in [0.5, 0.6) is 11.8 Å². The number of hydrogen-bond acceptors (Lipinski definition) is 9. The van der Waals surface area contributed by atoms with Gasteiger partial charge in [-0.3, -0.25) is 4.90 Å². The van der Waals surface area contributed by atoms with Gasteiger partial charge in [0.15, 0.2) is 11.6 Å². The standard InChI is InChI=1S/C28H28ClF3N6O5/c1-27(2)42-14-18(43-27)13-41-22-9-16(4-6-33-22)35-26(39)38-17-5-7-37(12-17)21-10-20(29)23(36-24(21)38)19-8-15(28(30,31)32)11-34-25(19)40-3/h4,6,8-11,17-18H,5,7,12-14H2,1-3H3,(H,33,35,39)/t17-,18?/m0/s1. The van der Waals surface area contributed by atoms with Crippen molar-refractivity contribution in [2.24, 2.45) is 0 Å². The maximum absolute atomic E-state index is 13.7. The van der Waals surface area contributed by atoms with E-state index in [0.717, 1.165) is 6.07 Å². The Balaban J connectivity index is 1.28. The van der Waals surface area contributed by atoms with Crippen LogP contribution >= 0.6 is 11.6 Å². The second kappa shape index (κ2) is 11.0. The van der Waals surface area contributed by atoms with Crippen LogP contribution < -0.4 is 24.6 Å². The van der Waals surface area contributed by atoms with Crippen molar-refractivity contribution in [1.82, 2.24) is 15.0 Å². The highest BCUT2D eigenvalue weighted by Gasteiger charge is 2.41. The first-order chi connectivity index (χ1) is 20.4. The van der Waals surface area contributed by atoms with Crippen LogP contribution in [0.2, 0.25) is 5.02 Å². The van der Waals surface area contributed by atoms with Crippen molar-refractivity contribution >= 4 is 34.8 Å². The molecule has 3 aromatic rings. The number of ether oxygens (including phenoxy) is 4. The van der Waals surface area contributed by atoms with Gasteiger partial charge in [0.05, 0.1) is 47.3 Å². The monoisotopic (exact) mass is 620 g/mol. The molecule has 11 nitrogen and oxygen atoms in total. The molecular weight excluding hydrogens is 593 g/mol. The number of aromatic nitrogens is 3. The van der Waals surface area contributed by atoms with Gasteiger partial charge in [0.25, 0.3) is 0 Å². The zero-order chi connectivity index (χ0) is 30.5. The molecule has 3 aromatic heterocycles. The summed E-state index contributed by atoms with van der Waals surface area (Å²) in [6.07, 6.45) is -2.06. The highest BCUT2D eigenvalue weighted by atomic mass is 35.5. The summed E-state index contributed by atoms with van der Waals surface area (Å²) >= 11 is 6.58. The fraction of sp³-hybridized carbons (Fsp3) is 0.429. The molecule has 6 rings (SSSR count). The highest BCUT2D eigenvalue weighted by Crippen LogP contribution is 2.45. The number of nitrogens with one attached hydrogen (secondary N) is 1. The molecule has 3 aliphatic heterocycles. The lowest BCUT2D eigenvalue weighted by molar-refractivity contribution is -0.141. The van der Waals surface area contributed by atoms with Gasteiger partial charge in [0, 0.05) is 37.2 Å². The minimum Gasteiger partial charge on any atom is -0.481 e. The summed E-state index contributed by atoms with van der Waals surface area (Å²) in [4.78, 5) is 30.0. The van der Waals surface area contributed by atoms with Gasteiger partial charge in [-0.25, -0.2) is 19.7 Å². The minimum absolute atomic E-state index is 0.0112. The highest BCUT2D eigenvalue weighted by molar-refractivity contribution is 6.33. The number of amides is 2. The van der Waals surface area contributed by atoms with Crippen molar-refractivity contribution in [3.8, 4) is 23.0 Å². The molecule has 228 valence electrons. The molecule has 2 atom stereocenters. The smallest absolute Gasteiger partial charge is 0.417 e. The molecular formula is C28H28ClF3N6O5. The van der Waals surface area contributed by atoms with E-state index in [2.05, 4.69) is 20.3 Å². The van der Waals surface area contributed by atoms with Gasteiger partial charge in [-0.1, -0.05) is 11.6 Å². The average Bonchev–Trinajstić information content (AvgIpc) is 3.54. The van der Waals surface area contributed by atoms with Crippen molar-refractivity contribution in [1.29, 1.82) is 0 Å². The fourth-order valence-corrected chi connectivity index (χ4v) is 5.64. The van der Waals surface area contributed by atoms with Crippen molar-refractivity contribution in [3.63, 3.8) is 0 Å². The van der Waals surface area contributed by atoms with Gasteiger partial charge in [-0.2, -0.15) is 13.2 Å². The first-order valence-corrected chi connectivity index (χ1v) is 13.9. The van der Waals surface area contributed by atoms with E-state index in [0.29, 0.717) is 43.7 Å². The zero-order valence-electron chi connectivity index (χ0n) is 23.4. The van der Waals surface area contributed by atoms with Gasteiger partial charge in [-0.15, -0.1) is 0 Å². The van der Waals surface area contributed by atoms with Gasteiger partial charge in [-0.05, 0) is 38.5 Å². The lowest BCUT2D eigenvalue weighted by Gasteiger charge is -2.36. The Bertz CT molecular complexity index is 1560. The Labute approximate surface area is 249 Å². The van der Waals surface area contributed by atoms with Crippen molar-refractivity contribution in [3.05, 3.63) is 47.2 Å². The number of rotatable bonds is 6. The number of pyridine rings is 3. The fourth-order valence-electron chi connectivity index (χ4n) is 5.39. The van der Waals surface area contributed by atoms with E-state index >= 15 is 0 Å². The maximum atomic E-state index is 13.7. The third-order valence-corrected chi connectivity index (χ3v) is 7.64. The molecule has 2 bridgehead atoms. The molecule has 0 aliphatic carbocycles. The normalized spacial score (nSPS) is 20.6. The lowest BCUT2D eigenvalue weighted by Crippen LogP contribution is -2.48. The van der Waals surface area contributed by atoms with E-state index < -0.39 is 23.6 Å². The van der Waals surface area contributed by atoms with Crippen molar-refractivity contribution in [2.45, 2.75) is 44.4 Å². The Kier molecular flexibility index (Phi) is 7.47. The molecule has 3 aliphatic rings. The van der Waals surface area contributed by atoms with Crippen LogP contribution in [-0.2, 0) is 15.7 Å². The van der Waals surface area contributed by atoms with Crippen LogP contribution in [0, 0.1) is 0 Å². The molecule has 0 saturated carbocycles. The zero-order valence-corrected chi connectivity index (χ0v) is 24.2. The number of methoxy groups -OCH3 is 1. The van der Waals surface area contributed by atoms with E-state index in [-0.39, 0.29) is 52.6 Å². The first-order valence-electron chi connectivity index (χ1n) is 13.5. The average molecular weight is 621 g/mol. The van der Waals surface area contributed by atoms with E-state index in [4.69, 9.17) is 30.5 Å². The van der Waals surface area contributed by atoms with Crippen LogP contribution in [0.4, 0.5) is 35.2 Å². The van der Waals surface area contributed by atoms with E-state index in [1.54, 1.807) is 18.2 Å². The lowest BCUT2D eigenvalue weighted by atomic mass is 10.1. The van der Waals surface area contributed by atoms with E-state index in [1.807, 2.05) is 18.7 Å². The number of urea groups is 1. The number of anilines is 3. The number of carbonyl (C=O) groups excluding carboxylic acids is 1. The molecule has 2 amide bonds. The van der Waals surface area contributed by atoms with Crippen LogP contribution in [0.25, 0.3) is 11.3 Å². The maximum Gasteiger partial charge on any atom is 0.417 e. The molecule has 1 unspecified atom stereocenters. The molecule has 6 heterocycles. The molecule has 0 spiro atoms. The summed E-state index contributed by atoms with van der Waals surface area (Å²) in [6.45, 7) is 5.45. The number of alkyl halides is 3. The minimum atomic E-state index is -4.65. The summed E-state index contributed by atoms with van der Waals surface area (Å²) in [5, 5.41) is 2.97. The van der Waals surface area contributed by atoms with Crippen LogP contribution in [0.3, 0.4) is 0 Å². The van der Waals surface area contributed by atoms with Crippen LogP contribution in [-0.4, -0.2) is 72.3 Å². The summed E-state index contributed by atoms with van der Waals surface area (Å²) in [5.41, 5.74) is 0.00555. The number of fused-ring (bicyclic) bond motifs is 4. The third-order valence-electron chi connectivity index (χ3n) is 7.35. The summed E-state index contributed by atoms with van der Waals surface area (Å²) in [6, 6.07) is 5.00. The van der Waals surface area contributed by atoms with Crippen molar-refractivity contribution < 1.29 is 36.9 Å². The van der Waals surface area contributed by atoms with Gasteiger partial charge >= 0.3 is 12.2 Å². The summed E-state index contributed by atoms with van der Waals surface area (Å²) < 4.78 is 62.9. The van der Waals surface area contributed by atoms with Crippen molar-refractivity contribution in [2.75, 3.05) is 48.5 Å². The van der Waals surface area contributed by atoms with E-state index in [9.17, 15) is 18.0 Å². The first kappa shape index (κ1) is 29.2. The molecule has 15 heteroatoms. The molecule has 0 radical (unpaired) electrons. The van der Waals surface area contributed by atoms with Gasteiger partial charge in [0.1, 0.15) is 12.7 Å². The largest absolute Gasteiger partial charge is 0.481 e. The number of carbonyl (C=O) groups is 1. The predicted molar refractivity (Wildman–Crippen MR) is 151 cm³/mol. The topological polar surface area (TPSA) is 111 Å². The molecule has 2 saturated heterocycles. The predicted octanol–water partition coefficient (Wildman–Crippen LogP) is 5.38. The second-order valence-electron chi connectivity index (χ2n) is 10.8. The molecule has 1 N–H and O–H groups in total. The summed E-state index contributed by atoms with van der Waals surface area (Å²) in [7, 11) is 1.29. The molecule has 43 heavy (non-hydrogen) atoms. The SMILES string of the molecule is COc1ncc(C(F)(F)F)cc1-c1nc2c(cc1Cl)N1CC[C@@H](C1)N2C(=O)Nc1ccnc(OCC2COC(C)(C)O2)c1. The Morgan fingerprint density at radius 3 is 2.79 bits per heavy atom. The van der Waals surface area contributed by atoms with E-state index in [1.165, 1.54) is 18.2 Å². The number of hydrogen-bond donors (Lipinski definition) is 1. The number of nitrogens with zero attached hydrogens (tertiary/aromatic N) is 5. The Hall–Kier alpha value is -3.88. The van der Waals surface area contributed by atoms with Crippen LogP contribution in [0.15, 0.2) is 36.7 Å². The quantitative estimate of drug-likeness (QED) is 0.388. The third kappa shape index (κ3) is 5.86. The number of halogens is 4. The molecule has 0 aromatic carbocycles. The second-order valence-corrected chi connectivity index (χ2v) is 11.2. The van der Waals surface area contributed by atoms with Crippen LogP contribution in [0.1, 0.15) is 25.8 Å². The Morgan fingerprint density at radius 1 is 1.26 bits per heavy atom.